The second kappa shape index (κ2) is 5.63. The van der Waals surface area contributed by atoms with Gasteiger partial charge in [-0.15, -0.1) is 0 Å². The van der Waals surface area contributed by atoms with E-state index in [1.54, 1.807) is 0 Å². The highest BCUT2D eigenvalue weighted by atomic mass is 16.5. The van der Waals surface area contributed by atoms with Gasteiger partial charge in [0, 0.05) is 37.6 Å². The third-order valence-corrected chi connectivity index (χ3v) is 3.61. The molecule has 3 rings (SSSR count). The summed E-state index contributed by atoms with van der Waals surface area (Å²) in [6, 6.07) is 10.6. The van der Waals surface area contributed by atoms with Crippen LogP contribution in [-0.4, -0.2) is 22.5 Å². The van der Waals surface area contributed by atoms with Gasteiger partial charge in [0.15, 0.2) is 0 Å². The number of ether oxygens (including phenoxy) is 1. The SMILES string of the molecule is Cc1ccc2c(c1)CN(Cc1ccncc1)C[C@H](C)O2. The fourth-order valence-electron chi connectivity index (χ4n) is 2.74. The molecule has 1 aliphatic rings. The molecule has 0 radical (unpaired) electrons. The predicted octanol–water partition coefficient (Wildman–Crippen LogP) is 3.17. The quantitative estimate of drug-likeness (QED) is 0.836. The van der Waals surface area contributed by atoms with E-state index in [2.05, 4.69) is 54.1 Å². The Balaban J connectivity index is 1.83. The summed E-state index contributed by atoms with van der Waals surface area (Å²) >= 11 is 0. The fraction of sp³-hybridized carbons (Fsp3) is 0.353. The normalized spacial score (nSPS) is 19.0. The molecule has 1 atom stereocenters. The number of pyridine rings is 1. The van der Waals surface area contributed by atoms with Gasteiger partial charge in [0.1, 0.15) is 11.9 Å². The molecule has 0 aliphatic carbocycles. The molecule has 0 amide bonds. The van der Waals surface area contributed by atoms with Crippen molar-refractivity contribution in [3.05, 3.63) is 59.4 Å². The standard InChI is InChI=1S/C17H20N2O/c1-13-3-4-17-16(9-13)12-19(10-14(2)20-17)11-15-5-7-18-8-6-15/h3-9,14H,10-12H2,1-2H3/t14-/m0/s1. The van der Waals surface area contributed by atoms with Gasteiger partial charge in [-0.2, -0.15) is 0 Å². The smallest absolute Gasteiger partial charge is 0.124 e. The zero-order valence-corrected chi connectivity index (χ0v) is 12.0. The van der Waals surface area contributed by atoms with Gasteiger partial charge in [0.2, 0.25) is 0 Å². The number of rotatable bonds is 2. The van der Waals surface area contributed by atoms with Gasteiger partial charge < -0.3 is 4.74 Å². The summed E-state index contributed by atoms with van der Waals surface area (Å²) in [4.78, 5) is 6.51. The zero-order chi connectivity index (χ0) is 13.9. The largest absolute Gasteiger partial charge is 0.489 e. The summed E-state index contributed by atoms with van der Waals surface area (Å²) in [7, 11) is 0. The summed E-state index contributed by atoms with van der Waals surface area (Å²) in [5.41, 5.74) is 3.86. The van der Waals surface area contributed by atoms with Gasteiger partial charge in [0.25, 0.3) is 0 Å². The second-order valence-corrected chi connectivity index (χ2v) is 5.56. The molecule has 2 aromatic rings. The lowest BCUT2D eigenvalue weighted by molar-refractivity contribution is 0.156. The van der Waals surface area contributed by atoms with Gasteiger partial charge in [0.05, 0.1) is 0 Å². The average Bonchev–Trinajstić information content (AvgIpc) is 2.57. The van der Waals surface area contributed by atoms with Crippen molar-refractivity contribution in [1.29, 1.82) is 0 Å². The molecule has 0 N–H and O–H groups in total. The minimum Gasteiger partial charge on any atom is -0.489 e. The molecular weight excluding hydrogens is 248 g/mol. The molecule has 0 bridgehead atoms. The fourth-order valence-corrected chi connectivity index (χ4v) is 2.74. The lowest BCUT2D eigenvalue weighted by Crippen LogP contribution is -2.30. The van der Waals surface area contributed by atoms with Crippen molar-refractivity contribution in [2.45, 2.75) is 33.0 Å². The lowest BCUT2D eigenvalue weighted by Gasteiger charge is -2.21. The first-order valence-corrected chi connectivity index (χ1v) is 7.08. The van der Waals surface area contributed by atoms with Crippen LogP contribution in [0.15, 0.2) is 42.7 Å². The Morgan fingerprint density at radius 2 is 2.05 bits per heavy atom. The number of hydrogen-bond acceptors (Lipinski definition) is 3. The lowest BCUT2D eigenvalue weighted by atomic mass is 10.1. The van der Waals surface area contributed by atoms with Crippen molar-refractivity contribution in [1.82, 2.24) is 9.88 Å². The monoisotopic (exact) mass is 268 g/mol. The Bertz CT molecular complexity index is 583. The summed E-state index contributed by atoms with van der Waals surface area (Å²) in [6.45, 7) is 7.07. The van der Waals surface area contributed by atoms with Crippen LogP contribution in [0, 0.1) is 6.92 Å². The molecule has 0 fully saturated rings. The van der Waals surface area contributed by atoms with Crippen LogP contribution in [0.2, 0.25) is 0 Å². The van der Waals surface area contributed by atoms with Gasteiger partial charge in [-0.1, -0.05) is 17.7 Å². The molecule has 3 heteroatoms. The molecule has 0 spiro atoms. The molecule has 0 saturated carbocycles. The van der Waals surface area contributed by atoms with Crippen molar-refractivity contribution in [2.24, 2.45) is 0 Å². The van der Waals surface area contributed by atoms with Crippen molar-refractivity contribution >= 4 is 0 Å². The first kappa shape index (κ1) is 13.1. The molecule has 1 aromatic carbocycles. The topological polar surface area (TPSA) is 25.4 Å². The van der Waals surface area contributed by atoms with Crippen molar-refractivity contribution < 1.29 is 4.74 Å². The van der Waals surface area contributed by atoms with E-state index in [0.717, 1.165) is 25.4 Å². The molecule has 20 heavy (non-hydrogen) atoms. The van der Waals surface area contributed by atoms with E-state index < -0.39 is 0 Å². The van der Waals surface area contributed by atoms with Crippen LogP contribution < -0.4 is 4.74 Å². The Hall–Kier alpha value is -1.87. The summed E-state index contributed by atoms with van der Waals surface area (Å²) < 4.78 is 6.03. The highest BCUT2D eigenvalue weighted by Gasteiger charge is 2.20. The van der Waals surface area contributed by atoms with Crippen LogP contribution in [0.25, 0.3) is 0 Å². The molecule has 104 valence electrons. The number of hydrogen-bond donors (Lipinski definition) is 0. The van der Waals surface area contributed by atoms with E-state index >= 15 is 0 Å². The highest BCUT2D eigenvalue weighted by molar-refractivity contribution is 5.37. The van der Waals surface area contributed by atoms with Gasteiger partial charge in [-0.25, -0.2) is 0 Å². The third kappa shape index (κ3) is 2.99. The van der Waals surface area contributed by atoms with Crippen molar-refractivity contribution in [2.75, 3.05) is 6.54 Å². The average molecular weight is 268 g/mol. The molecule has 2 heterocycles. The van der Waals surface area contributed by atoms with Gasteiger partial charge >= 0.3 is 0 Å². The summed E-state index contributed by atoms with van der Waals surface area (Å²) in [6.07, 6.45) is 3.91. The Labute approximate surface area is 120 Å². The minimum absolute atomic E-state index is 0.209. The van der Waals surface area contributed by atoms with Crippen LogP contribution >= 0.6 is 0 Å². The van der Waals surface area contributed by atoms with E-state index in [-0.39, 0.29) is 6.10 Å². The Kier molecular flexibility index (Phi) is 3.70. The van der Waals surface area contributed by atoms with E-state index in [1.165, 1.54) is 16.7 Å². The zero-order valence-electron chi connectivity index (χ0n) is 12.0. The molecular formula is C17H20N2O. The van der Waals surface area contributed by atoms with Crippen LogP contribution in [-0.2, 0) is 13.1 Å². The van der Waals surface area contributed by atoms with Gasteiger partial charge in [-0.05, 0) is 37.6 Å². The maximum Gasteiger partial charge on any atom is 0.124 e. The second-order valence-electron chi connectivity index (χ2n) is 5.56. The van der Waals surface area contributed by atoms with Crippen molar-refractivity contribution in [3.8, 4) is 5.75 Å². The maximum absolute atomic E-state index is 6.03. The third-order valence-electron chi connectivity index (χ3n) is 3.61. The van der Waals surface area contributed by atoms with E-state index in [1.807, 2.05) is 12.4 Å². The predicted molar refractivity (Wildman–Crippen MR) is 79.6 cm³/mol. The maximum atomic E-state index is 6.03. The van der Waals surface area contributed by atoms with Crippen LogP contribution in [0.3, 0.4) is 0 Å². The van der Waals surface area contributed by atoms with Crippen LogP contribution in [0.5, 0.6) is 5.75 Å². The Morgan fingerprint density at radius 3 is 2.85 bits per heavy atom. The number of aryl methyl sites for hydroxylation is 1. The number of fused-ring (bicyclic) bond motifs is 1. The number of benzene rings is 1. The first-order valence-electron chi connectivity index (χ1n) is 7.08. The van der Waals surface area contributed by atoms with Crippen molar-refractivity contribution in [3.63, 3.8) is 0 Å². The summed E-state index contributed by atoms with van der Waals surface area (Å²) in [5, 5.41) is 0. The molecule has 1 aliphatic heterocycles. The van der Waals surface area contributed by atoms with E-state index in [0.29, 0.717) is 0 Å². The first-order chi connectivity index (χ1) is 9.70. The molecule has 1 aromatic heterocycles. The number of aromatic nitrogens is 1. The minimum atomic E-state index is 0.209. The summed E-state index contributed by atoms with van der Waals surface area (Å²) in [5.74, 6) is 1.03. The van der Waals surface area contributed by atoms with E-state index in [9.17, 15) is 0 Å². The van der Waals surface area contributed by atoms with Crippen LogP contribution in [0.1, 0.15) is 23.6 Å². The van der Waals surface area contributed by atoms with E-state index in [4.69, 9.17) is 4.74 Å². The Morgan fingerprint density at radius 1 is 1.25 bits per heavy atom. The van der Waals surface area contributed by atoms with Crippen LogP contribution in [0.4, 0.5) is 0 Å². The molecule has 3 nitrogen and oxygen atoms in total. The number of nitrogens with zero attached hydrogens (tertiary/aromatic N) is 2. The van der Waals surface area contributed by atoms with Gasteiger partial charge in [-0.3, -0.25) is 9.88 Å². The highest BCUT2D eigenvalue weighted by Crippen LogP contribution is 2.26. The molecule has 0 unspecified atom stereocenters. The molecule has 0 saturated heterocycles.